The van der Waals surface area contributed by atoms with Crippen LogP contribution >= 0.6 is 0 Å². The van der Waals surface area contributed by atoms with E-state index in [4.69, 9.17) is 14.2 Å². The molecule has 0 fully saturated rings. The van der Waals surface area contributed by atoms with Gasteiger partial charge in [-0.2, -0.15) is 0 Å². The minimum atomic E-state index is -0.210. The monoisotopic (exact) mass is 580 g/mol. The summed E-state index contributed by atoms with van der Waals surface area (Å²) in [5, 5.41) is 0. The van der Waals surface area contributed by atoms with Crippen molar-refractivity contribution >= 4 is 0 Å². The number of hydrogen-bond donors (Lipinski definition) is 0. The van der Waals surface area contributed by atoms with E-state index in [0.717, 1.165) is 32.3 Å². The van der Waals surface area contributed by atoms with Gasteiger partial charge in [-0.1, -0.05) is 108 Å². The molecule has 0 saturated heterocycles. The lowest BCUT2D eigenvalue weighted by atomic mass is 9.63. The predicted molar refractivity (Wildman–Crippen MR) is 180 cm³/mol. The van der Waals surface area contributed by atoms with E-state index in [1.54, 1.807) is 7.11 Å². The van der Waals surface area contributed by atoms with E-state index in [0.29, 0.717) is 30.5 Å². The van der Waals surface area contributed by atoms with E-state index < -0.39 is 0 Å². The zero-order valence-electron chi connectivity index (χ0n) is 28.9. The van der Waals surface area contributed by atoms with Crippen LogP contribution in [0.2, 0.25) is 0 Å². The maximum absolute atomic E-state index is 6.27. The Balaban J connectivity index is 2.07. The van der Waals surface area contributed by atoms with Gasteiger partial charge in [0.25, 0.3) is 0 Å². The zero-order valence-corrected chi connectivity index (χ0v) is 28.9. The lowest BCUT2D eigenvalue weighted by Gasteiger charge is -2.42. The summed E-state index contributed by atoms with van der Waals surface area (Å²) in [5.74, 6) is 0.949. The van der Waals surface area contributed by atoms with Crippen LogP contribution in [-0.4, -0.2) is 38.1 Å². The zero-order chi connectivity index (χ0) is 31.3. The van der Waals surface area contributed by atoms with Crippen molar-refractivity contribution < 1.29 is 14.2 Å². The minimum Gasteiger partial charge on any atom is -0.381 e. The van der Waals surface area contributed by atoms with E-state index in [1.165, 1.54) is 36.8 Å². The van der Waals surface area contributed by atoms with Crippen molar-refractivity contribution in [1.29, 1.82) is 0 Å². The van der Waals surface area contributed by atoms with Crippen molar-refractivity contribution in [2.75, 3.05) is 26.9 Å². The summed E-state index contributed by atoms with van der Waals surface area (Å²) >= 11 is 0. The summed E-state index contributed by atoms with van der Waals surface area (Å²) in [7, 11) is 1.76. The van der Waals surface area contributed by atoms with Crippen LogP contribution < -0.4 is 0 Å². The van der Waals surface area contributed by atoms with Crippen LogP contribution in [0, 0.1) is 10.8 Å². The first-order chi connectivity index (χ1) is 19.7. The van der Waals surface area contributed by atoms with Crippen LogP contribution in [0.15, 0.2) is 60.7 Å². The van der Waals surface area contributed by atoms with Crippen molar-refractivity contribution in [2.24, 2.45) is 10.8 Å². The van der Waals surface area contributed by atoms with Crippen molar-refractivity contribution in [3.8, 4) is 0 Å². The Morgan fingerprint density at radius 1 is 0.643 bits per heavy atom. The molecule has 0 heterocycles. The molecule has 0 bridgehead atoms. The molecule has 238 valence electrons. The van der Waals surface area contributed by atoms with Gasteiger partial charge in [-0.3, -0.25) is 0 Å². The third kappa shape index (κ3) is 13.3. The van der Waals surface area contributed by atoms with Crippen LogP contribution in [0.5, 0.6) is 0 Å². The molecule has 2 aromatic carbocycles. The van der Waals surface area contributed by atoms with Gasteiger partial charge in [0.1, 0.15) is 0 Å². The largest absolute Gasteiger partial charge is 0.381 e. The van der Waals surface area contributed by atoms with E-state index in [1.807, 2.05) is 0 Å². The molecule has 42 heavy (non-hydrogen) atoms. The van der Waals surface area contributed by atoms with Crippen LogP contribution in [-0.2, 0) is 14.2 Å². The van der Waals surface area contributed by atoms with Crippen molar-refractivity contribution in [3.05, 3.63) is 71.8 Å². The van der Waals surface area contributed by atoms with Crippen LogP contribution in [0.3, 0.4) is 0 Å². The summed E-state index contributed by atoms with van der Waals surface area (Å²) in [4.78, 5) is 0. The summed E-state index contributed by atoms with van der Waals surface area (Å²) in [6, 6.07) is 22.4. The minimum absolute atomic E-state index is 0.136. The van der Waals surface area contributed by atoms with E-state index >= 15 is 0 Å². The molecule has 0 aliphatic heterocycles. The van der Waals surface area contributed by atoms with Crippen LogP contribution in [0.1, 0.15) is 137 Å². The molecule has 2 unspecified atom stereocenters. The second kappa shape index (κ2) is 17.0. The number of unbranched alkanes of at least 4 members (excludes halogenated alkanes) is 1. The highest BCUT2D eigenvalue weighted by Gasteiger charge is 2.37. The molecule has 0 saturated carbocycles. The second-order valence-electron chi connectivity index (χ2n) is 15.2. The Kier molecular flexibility index (Phi) is 14.8. The van der Waals surface area contributed by atoms with Crippen molar-refractivity contribution in [3.63, 3.8) is 0 Å². The smallest absolute Gasteiger partial charge is 0.0648 e. The third-order valence-electron chi connectivity index (χ3n) is 9.36. The van der Waals surface area contributed by atoms with Gasteiger partial charge in [0.05, 0.1) is 17.8 Å². The topological polar surface area (TPSA) is 27.7 Å². The first kappa shape index (κ1) is 36.5. The predicted octanol–water partition coefficient (Wildman–Crippen LogP) is 11.0. The molecule has 0 amide bonds. The fourth-order valence-corrected chi connectivity index (χ4v) is 6.12. The molecule has 0 spiro atoms. The Labute approximate surface area is 260 Å². The fourth-order valence-electron chi connectivity index (χ4n) is 6.12. The Morgan fingerprint density at radius 3 is 1.79 bits per heavy atom. The highest BCUT2D eigenvalue weighted by Crippen LogP contribution is 2.49. The Morgan fingerprint density at radius 2 is 1.21 bits per heavy atom. The fraction of sp³-hybridized carbons (Fsp3) is 0.692. The lowest BCUT2D eigenvalue weighted by molar-refractivity contribution is -0.0700. The SMILES string of the molecule is CCCCC(C)(C)CC(c1ccccc1)C(C)(C)CC(CCOCCC(C)(C)OCCC(C)(C)OC)c1ccccc1. The van der Waals surface area contributed by atoms with Gasteiger partial charge in [0.2, 0.25) is 0 Å². The standard InChI is InChI=1S/C39H64O3/c1-11-12-24-36(2,3)31-35(33-21-17-14-18-22-33)37(4,5)30-34(32-19-15-13-16-20-32)23-27-41-28-25-39(8,9)42-29-26-38(6,7)40-10/h13-22,34-35H,11-12,23-31H2,1-10H3. The third-order valence-corrected chi connectivity index (χ3v) is 9.36. The molecular weight excluding hydrogens is 516 g/mol. The van der Waals surface area contributed by atoms with Gasteiger partial charge in [-0.15, -0.1) is 0 Å². The van der Waals surface area contributed by atoms with E-state index in [9.17, 15) is 0 Å². The quantitative estimate of drug-likeness (QED) is 0.137. The molecule has 2 aromatic rings. The first-order valence-electron chi connectivity index (χ1n) is 16.6. The van der Waals surface area contributed by atoms with Gasteiger partial charge in [0.15, 0.2) is 0 Å². The summed E-state index contributed by atoms with van der Waals surface area (Å²) < 4.78 is 18.0. The van der Waals surface area contributed by atoms with Crippen LogP contribution in [0.4, 0.5) is 0 Å². The van der Waals surface area contributed by atoms with Gasteiger partial charge in [0, 0.05) is 20.3 Å². The van der Waals surface area contributed by atoms with Crippen molar-refractivity contribution in [2.45, 2.75) is 137 Å². The highest BCUT2D eigenvalue weighted by molar-refractivity contribution is 5.24. The summed E-state index contributed by atoms with van der Waals surface area (Å²) in [6.07, 6.45) is 8.96. The number of rotatable bonds is 21. The van der Waals surface area contributed by atoms with Gasteiger partial charge in [-0.25, -0.2) is 0 Å². The number of hydrogen-bond acceptors (Lipinski definition) is 3. The molecule has 0 aliphatic rings. The average Bonchev–Trinajstić information content (AvgIpc) is 2.94. The van der Waals surface area contributed by atoms with Gasteiger partial charge < -0.3 is 14.2 Å². The molecular formula is C39H64O3. The van der Waals surface area contributed by atoms with E-state index in [2.05, 4.69) is 123 Å². The maximum atomic E-state index is 6.27. The Bertz CT molecular complexity index is 977. The van der Waals surface area contributed by atoms with Crippen LogP contribution in [0.25, 0.3) is 0 Å². The molecule has 2 atom stereocenters. The average molecular weight is 581 g/mol. The molecule has 3 nitrogen and oxygen atoms in total. The molecule has 3 heteroatoms. The number of ether oxygens (including phenoxy) is 3. The Hall–Kier alpha value is -1.68. The summed E-state index contributed by atoms with van der Waals surface area (Å²) in [6.45, 7) is 23.0. The molecule has 0 aliphatic carbocycles. The first-order valence-corrected chi connectivity index (χ1v) is 16.6. The second-order valence-corrected chi connectivity index (χ2v) is 15.2. The van der Waals surface area contributed by atoms with Crippen molar-refractivity contribution in [1.82, 2.24) is 0 Å². The molecule has 0 aromatic heterocycles. The molecule has 0 radical (unpaired) electrons. The number of methoxy groups -OCH3 is 1. The van der Waals surface area contributed by atoms with Gasteiger partial charge in [-0.05, 0) is 100 Å². The maximum Gasteiger partial charge on any atom is 0.0648 e. The van der Waals surface area contributed by atoms with Gasteiger partial charge >= 0.3 is 0 Å². The number of benzene rings is 2. The summed E-state index contributed by atoms with van der Waals surface area (Å²) in [5.41, 5.74) is 2.99. The molecule has 2 rings (SSSR count). The highest BCUT2D eigenvalue weighted by atomic mass is 16.5. The lowest BCUT2D eigenvalue weighted by Crippen LogP contribution is -2.31. The molecule has 0 N–H and O–H groups in total. The normalized spacial score (nSPS) is 14.6. The van der Waals surface area contributed by atoms with E-state index in [-0.39, 0.29) is 16.6 Å².